The maximum absolute atomic E-state index is 12.9. The van der Waals surface area contributed by atoms with Gasteiger partial charge in [-0.25, -0.2) is 0 Å². The highest BCUT2D eigenvalue weighted by atomic mass is 16.6. The van der Waals surface area contributed by atoms with Crippen LogP contribution in [0.1, 0.15) is 297 Å². The van der Waals surface area contributed by atoms with Crippen LogP contribution in [0.3, 0.4) is 0 Å². The maximum atomic E-state index is 12.9. The quantitative estimate of drug-likeness (QED) is 0.0199. The molecule has 0 saturated heterocycles. The molecule has 0 heterocycles. The lowest BCUT2D eigenvalue weighted by Crippen LogP contribution is -2.30. The minimum Gasteiger partial charge on any atom is -0.462 e. The second kappa shape index (κ2) is 58.4. The van der Waals surface area contributed by atoms with Crippen molar-refractivity contribution in [1.82, 2.24) is 0 Å². The Morgan fingerprint density at radius 1 is 0.300 bits per heavy atom. The molecule has 404 valence electrons. The van der Waals surface area contributed by atoms with Crippen molar-refractivity contribution in [3.05, 3.63) is 72.9 Å². The van der Waals surface area contributed by atoms with E-state index >= 15 is 0 Å². The summed E-state index contributed by atoms with van der Waals surface area (Å²) in [6, 6.07) is 0. The molecular weight excluding hydrogens is 865 g/mol. The number of hydrogen-bond donors (Lipinski definition) is 0. The van der Waals surface area contributed by atoms with E-state index in [-0.39, 0.29) is 31.1 Å². The molecule has 6 heteroatoms. The first-order chi connectivity index (χ1) is 34.5. The molecule has 0 bridgehead atoms. The van der Waals surface area contributed by atoms with E-state index in [1.165, 1.54) is 167 Å². The molecule has 0 aromatic heterocycles. The summed E-state index contributed by atoms with van der Waals surface area (Å²) >= 11 is 0. The molecule has 0 amide bonds. The van der Waals surface area contributed by atoms with Crippen LogP contribution in [0.25, 0.3) is 0 Å². The summed E-state index contributed by atoms with van der Waals surface area (Å²) in [5.41, 5.74) is 0. The highest BCUT2D eigenvalue weighted by molar-refractivity contribution is 5.71. The Labute approximate surface area is 433 Å². The SMILES string of the molecule is CCCCC/C=C\C/C=C\CCCCCCCCCC(=O)OC(COC(=O)CCCCCCC\C=C/C=C\C=C/CCCCCCC)COC(=O)CCCCCCCCC/C=C\CCCCCCCC. The maximum Gasteiger partial charge on any atom is 0.306 e. The molecule has 0 aliphatic carbocycles. The van der Waals surface area contributed by atoms with Gasteiger partial charge in [0.1, 0.15) is 13.2 Å². The summed E-state index contributed by atoms with van der Waals surface area (Å²) in [4.78, 5) is 38.2. The number of allylic oxidation sites excluding steroid dienone is 12. The third kappa shape index (κ3) is 55.8. The minimum absolute atomic E-state index is 0.0870. The Morgan fingerprint density at radius 2 is 0.571 bits per heavy atom. The van der Waals surface area contributed by atoms with Crippen molar-refractivity contribution in [3.63, 3.8) is 0 Å². The third-order valence-electron chi connectivity index (χ3n) is 13.0. The summed E-state index contributed by atoms with van der Waals surface area (Å²) in [7, 11) is 0. The molecule has 0 aromatic carbocycles. The van der Waals surface area contributed by atoms with Gasteiger partial charge in [0.25, 0.3) is 0 Å². The summed E-state index contributed by atoms with van der Waals surface area (Å²) in [6.45, 7) is 6.59. The van der Waals surface area contributed by atoms with Crippen molar-refractivity contribution in [2.24, 2.45) is 0 Å². The molecule has 6 nitrogen and oxygen atoms in total. The molecule has 0 rings (SSSR count). The topological polar surface area (TPSA) is 78.9 Å². The lowest BCUT2D eigenvalue weighted by molar-refractivity contribution is -0.167. The lowest BCUT2D eigenvalue weighted by atomic mass is 10.1. The number of carbonyl (C=O) groups is 3. The van der Waals surface area contributed by atoms with Gasteiger partial charge in [0, 0.05) is 19.3 Å². The predicted molar refractivity (Wildman–Crippen MR) is 302 cm³/mol. The van der Waals surface area contributed by atoms with Gasteiger partial charge in [0.15, 0.2) is 6.10 Å². The number of rotatable bonds is 54. The van der Waals surface area contributed by atoms with Gasteiger partial charge < -0.3 is 14.2 Å². The molecule has 0 radical (unpaired) electrons. The van der Waals surface area contributed by atoms with Crippen LogP contribution in [0.15, 0.2) is 72.9 Å². The van der Waals surface area contributed by atoms with E-state index < -0.39 is 6.10 Å². The van der Waals surface area contributed by atoms with Crippen molar-refractivity contribution in [2.45, 2.75) is 303 Å². The fraction of sp³-hybridized carbons (Fsp3) is 0.766. The molecule has 1 atom stereocenters. The Kier molecular flexibility index (Phi) is 55.8. The number of unbranched alkanes of at least 4 members (excludes halogenated alkanes) is 33. The minimum atomic E-state index is -0.791. The molecular formula is C64H112O6. The second-order valence-corrected chi connectivity index (χ2v) is 20.0. The monoisotopic (exact) mass is 977 g/mol. The van der Waals surface area contributed by atoms with Gasteiger partial charge >= 0.3 is 17.9 Å². The van der Waals surface area contributed by atoms with Gasteiger partial charge in [-0.05, 0) is 103 Å². The van der Waals surface area contributed by atoms with Gasteiger partial charge in [-0.15, -0.1) is 0 Å². The Bertz CT molecular complexity index is 1310. The smallest absolute Gasteiger partial charge is 0.306 e. The average Bonchev–Trinajstić information content (AvgIpc) is 3.36. The normalized spacial score (nSPS) is 12.6. The van der Waals surface area contributed by atoms with Crippen molar-refractivity contribution in [1.29, 1.82) is 0 Å². The third-order valence-corrected chi connectivity index (χ3v) is 13.0. The van der Waals surface area contributed by atoms with E-state index in [4.69, 9.17) is 14.2 Å². The van der Waals surface area contributed by atoms with Crippen molar-refractivity contribution < 1.29 is 28.6 Å². The van der Waals surface area contributed by atoms with Crippen LogP contribution in [-0.4, -0.2) is 37.2 Å². The summed E-state index contributed by atoms with van der Waals surface area (Å²) in [6.07, 6.45) is 74.5. The molecule has 0 spiro atoms. The van der Waals surface area contributed by atoms with Crippen LogP contribution >= 0.6 is 0 Å². The number of hydrogen-bond acceptors (Lipinski definition) is 6. The first-order valence-electron chi connectivity index (χ1n) is 30.0. The van der Waals surface area contributed by atoms with E-state index in [0.29, 0.717) is 19.3 Å². The molecule has 0 aliphatic rings. The van der Waals surface area contributed by atoms with E-state index in [0.717, 1.165) is 89.9 Å². The van der Waals surface area contributed by atoms with E-state index in [9.17, 15) is 14.4 Å². The van der Waals surface area contributed by atoms with Gasteiger partial charge in [0.05, 0.1) is 0 Å². The lowest BCUT2D eigenvalue weighted by Gasteiger charge is -2.18. The zero-order chi connectivity index (χ0) is 50.7. The molecule has 1 unspecified atom stereocenters. The molecule has 0 N–H and O–H groups in total. The number of carbonyl (C=O) groups excluding carboxylic acids is 3. The van der Waals surface area contributed by atoms with Crippen LogP contribution < -0.4 is 0 Å². The summed E-state index contributed by atoms with van der Waals surface area (Å²) in [5.74, 6) is -0.909. The zero-order valence-electron chi connectivity index (χ0n) is 46.3. The standard InChI is InChI=1S/C64H112O6/c1-4-7-10-13-16-19-22-25-28-31-34-36-39-42-45-48-51-54-57-63(66)69-60-61(70-64(67)58-55-52-49-46-43-40-37-33-30-27-24-21-18-15-12-9-6-3)59-68-62(65)56-53-50-47-44-41-38-35-32-29-26-23-20-17-14-11-8-5-2/h18,21-22,25-31,34,36,61H,4-17,19-20,23-24,32-33,35,37-60H2,1-3H3/b21-18-,25-22-,29-26-,30-27-,31-28-,36-34-. The fourth-order valence-electron chi connectivity index (χ4n) is 8.41. The summed E-state index contributed by atoms with van der Waals surface area (Å²) < 4.78 is 16.9. The first kappa shape index (κ1) is 66.9. The average molecular weight is 978 g/mol. The highest BCUT2D eigenvalue weighted by Gasteiger charge is 2.19. The molecule has 0 aliphatic heterocycles. The largest absolute Gasteiger partial charge is 0.462 e. The number of esters is 3. The molecule has 0 aromatic rings. The van der Waals surface area contributed by atoms with Crippen LogP contribution in [0.5, 0.6) is 0 Å². The Balaban J connectivity index is 4.44. The Morgan fingerprint density at radius 3 is 0.943 bits per heavy atom. The van der Waals surface area contributed by atoms with Crippen molar-refractivity contribution in [3.8, 4) is 0 Å². The van der Waals surface area contributed by atoms with Crippen molar-refractivity contribution >= 4 is 17.9 Å². The second-order valence-electron chi connectivity index (χ2n) is 20.0. The van der Waals surface area contributed by atoms with Crippen molar-refractivity contribution in [2.75, 3.05) is 13.2 Å². The highest BCUT2D eigenvalue weighted by Crippen LogP contribution is 2.15. The van der Waals surface area contributed by atoms with Crippen LogP contribution in [0.2, 0.25) is 0 Å². The van der Waals surface area contributed by atoms with Gasteiger partial charge in [0.2, 0.25) is 0 Å². The fourth-order valence-corrected chi connectivity index (χ4v) is 8.41. The summed E-state index contributed by atoms with van der Waals surface area (Å²) in [5, 5.41) is 0. The van der Waals surface area contributed by atoms with Gasteiger partial charge in [-0.2, -0.15) is 0 Å². The zero-order valence-corrected chi connectivity index (χ0v) is 46.3. The Hall–Kier alpha value is -3.15. The predicted octanol–water partition coefficient (Wildman–Crippen LogP) is 20.2. The molecule has 0 fully saturated rings. The van der Waals surface area contributed by atoms with Crippen LogP contribution in [-0.2, 0) is 28.6 Å². The van der Waals surface area contributed by atoms with Crippen LogP contribution in [0, 0.1) is 0 Å². The molecule has 0 saturated carbocycles. The van der Waals surface area contributed by atoms with Crippen LogP contribution in [0.4, 0.5) is 0 Å². The van der Waals surface area contributed by atoms with Gasteiger partial charge in [-0.1, -0.05) is 248 Å². The van der Waals surface area contributed by atoms with E-state index in [1.807, 2.05) is 0 Å². The van der Waals surface area contributed by atoms with E-state index in [1.54, 1.807) is 0 Å². The number of ether oxygens (including phenoxy) is 3. The van der Waals surface area contributed by atoms with E-state index in [2.05, 4.69) is 93.7 Å². The molecule has 70 heavy (non-hydrogen) atoms. The first-order valence-corrected chi connectivity index (χ1v) is 30.0. The van der Waals surface area contributed by atoms with Gasteiger partial charge in [-0.3, -0.25) is 14.4 Å².